The van der Waals surface area contributed by atoms with E-state index in [2.05, 4.69) is 40.9 Å². The third-order valence-corrected chi connectivity index (χ3v) is 21.2. The third-order valence-electron chi connectivity index (χ3n) is 16.8. The first-order chi connectivity index (χ1) is 49.9. The Morgan fingerprint density at radius 2 is 0.942 bits per heavy atom. The first kappa shape index (κ1) is 76.5. The smallest absolute Gasteiger partial charge is 0.294 e. The number of nitrogens with zero attached hydrogens (tertiary/aromatic N) is 13. The van der Waals surface area contributed by atoms with Gasteiger partial charge in [0, 0.05) is 81.6 Å². The lowest BCUT2D eigenvalue weighted by atomic mass is 10.1. The van der Waals surface area contributed by atoms with Crippen LogP contribution in [0.3, 0.4) is 0 Å². The average Bonchev–Trinajstić information content (AvgIpc) is 1.17. The molecule has 2 aliphatic rings. The van der Waals surface area contributed by atoms with Gasteiger partial charge in [-0.3, -0.25) is 28.3 Å². The minimum absolute atomic E-state index is 0.103. The zero-order valence-corrected chi connectivity index (χ0v) is 62.5. The van der Waals surface area contributed by atoms with Gasteiger partial charge in [0.15, 0.2) is 16.7 Å². The van der Waals surface area contributed by atoms with Crippen LogP contribution in [0, 0.1) is 0 Å². The normalized spacial score (nSPS) is 13.8. The maximum absolute atomic E-state index is 13.9. The van der Waals surface area contributed by atoms with Crippen LogP contribution in [0.4, 0.5) is 79.3 Å². The second kappa shape index (κ2) is 34.9. The lowest BCUT2D eigenvalue weighted by Crippen LogP contribution is -2.30. The number of Topliss-reactive ketones (excluding diaryl/α,β-unsaturated/α-hetero) is 2. The van der Waals surface area contributed by atoms with Gasteiger partial charge >= 0.3 is 0 Å². The topological polar surface area (TPSA) is 370 Å². The fraction of sp³-hybridized carbons (Fsp3) is 0.329. The number of anilines is 10. The van der Waals surface area contributed by atoms with Crippen LogP contribution in [0.2, 0.25) is 0 Å². The summed E-state index contributed by atoms with van der Waals surface area (Å²) < 4.78 is 78.0. The maximum atomic E-state index is 13.9. The number of methoxy groups -OCH3 is 2. The Morgan fingerprint density at radius 1 is 0.548 bits per heavy atom. The second-order valence-corrected chi connectivity index (χ2v) is 29.5. The van der Waals surface area contributed by atoms with Crippen LogP contribution in [0.1, 0.15) is 95.4 Å². The Balaban J connectivity index is 1.04. The first-order valence-electron chi connectivity index (χ1n) is 33.4. The number of amides is 2. The van der Waals surface area contributed by atoms with E-state index in [1.54, 1.807) is 26.4 Å². The molecular weight excluding hydrogens is 1430 g/mol. The van der Waals surface area contributed by atoms with E-state index in [0.717, 1.165) is 102 Å². The summed E-state index contributed by atoms with van der Waals surface area (Å²) in [4.78, 5) is 87.8. The minimum atomic E-state index is -4.50. The lowest BCUT2D eigenvalue weighted by Gasteiger charge is -2.27. The Morgan fingerprint density at radius 3 is 1.30 bits per heavy atom. The highest BCUT2D eigenvalue weighted by Crippen LogP contribution is 2.45. The van der Waals surface area contributed by atoms with Gasteiger partial charge < -0.3 is 50.3 Å². The van der Waals surface area contributed by atoms with Crippen molar-refractivity contribution in [3.63, 3.8) is 0 Å². The summed E-state index contributed by atoms with van der Waals surface area (Å²) in [5, 5.41) is 32.0. The van der Waals surface area contributed by atoms with Gasteiger partial charge in [0.2, 0.25) is 22.2 Å². The third kappa shape index (κ3) is 19.6. The van der Waals surface area contributed by atoms with E-state index in [4.69, 9.17) is 54.9 Å². The van der Waals surface area contributed by atoms with Crippen LogP contribution in [-0.4, -0.2) is 141 Å². The standard InChI is InChI=1S/C70H79N17O12S5/c1-9-84(10-2)56-38-52(54(40-58(56)98-7)80-82-69-75-62(86-32-18-14-19-33-86)60(101-69)36-50(43(5)88)64(90)71-46-24-28-48(29-25-46)103(92,93)94)73-66-77-67(79-68(78-66)100-42-45-22-16-13-17-23-45)74-53-39-57(85(11-3)12-4)59(99-8)41-55(53)81-83-70-76-63(87-34-20-15-21-35-87)61(102-70)37-51(44(6)89)65(91)72-47-26-30-49(31-27-47)104(95,96)97/h13,16-17,22-31,36-41H,9-12,14-15,18-21,32-35,42H2,1-8H3,(H,71,90)(H,72,91)(H,92,93,94)(H,95,96,97)(H2,73,74,77,78,79)/b50-36-,51-37+,82-80+,83-81+. The summed E-state index contributed by atoms with van der Waals surface area (Å²) in [6.45, 7) is 15.7. The van der Waals surface area contributed by atoms with Gasteiger partial charge in [0.25, 0.3) is 32.1 Å². The van der Waals surface area contributed by atoms with E-state index in [9.17, 15) is 45.1 Å². The second-order valence-electron chi connectivity index (χ2n) is 23.7. The molecule has 0 unspecified atom stereocenters. The molecule has 10 rings (SSSR count). The number of hydrogen-bond donors (Lipinski definition) is 6. The van der Waals surface area contributed by atoms with Crippen molar-refractivity contribution in [1.82, 2.24) is 24.9 Å². The number of carbonyl (C=O) groups excluding carboxylic acids is 4. The van der Waals surface area contributed by atoms with E-state index < -0.39 is 43.6 Å². The van der Waals surface area contributed by atoms with Crippen LogP contribution < -0.4 is 50.3 Å². The van der Waals surface area contributed by atoms with Crippen molar-refractivity contribution in [3.8, 4) is 11.5 Å². The number of ketones is 2. The summed E-state index contributed by atoms with van der Waals surface area (Å²) in [7, 11) is -5.87. The SMILES string of the molecule is CCN(CC)c1cc(Nc2nc(Nc3cc(N(CC)CC)c(OC)cc3/N=N/c3nc(N4CCCCC4)c(/C=C(\C(C)=O)C(=O)Nc4ccc(S(=O)(=O)O)cc4)s3)nc(SCc3ccccc3)n2)c(/N=N/c2nc(N3CCCCC3)c(/C=C(/C(C)=O)C(=O)Nc3ccc(S(=O)(=O)O)cc3)s2)cc1OC. The highest BCUT2D eigenvalue weighted by Gasteiger charge is 2.27. The summed E-state index contributed by atoms with van der Waals surface area (Å²) in [5.41, 5.74) is 3.83. The van der Waals surface area contributed by atoms with Crippen LogP contribution in [0.5, 0.6) is 11.5 Å². The van der Waals surface area contributed by atoms with Crippen molar-refractivity contribution < 1.29 is 54.6 Å². The monoisotopic (exact) mass is 1510 g/mol. The Kier molecular flexibility index (Phi) is 25.7. The molecule has 2 fully saturated rings. The number of hydrogen-bond acceptors (Lipinski definition) is 28. The van der Waals surface area contributed by atoms with E-state index in [1.165, 1.54) is 62.0 Å². The summed E-state index contributed by atoms with van der Waals surface area (Å²) in [6, 6.07) is 26.8. The molecule has 0 bridgehead atoms. The Hall–Kier alpha value is -10.1. The Labute approximate surface area is 615 Å². The van der Waals surface area contributed by atoms with Crippen molar-refractivity contribution in [1.29, 1.82) is 0 Å². The lowest BCUT2D eigenvalue weighted by molar-refractivity contribution is -0.120. The fourth-order valence-electron chi connectivity index (χ4n) is 11.4. The molecule has 0 radical (unpaired) electrons. The van der Waals surface area contributed by atoms with E-state index in [-0.39, 0.29) is 54.5 Å². The van der Waals surface area contributed by atoms with Gasteiger partial charge in [-0.05, 0) is 158 Å². The molecule has 0 aliphatic carbocycles. The Bertz CT molecular complexity index is 4530. The first-order valence-corrected chi connectivity index (χ1v) is 38.9. The van der Waals surface area contributed by atoms with Gasteiger partial charge in [-0.2, -0.15) is 41.8 Å². The van der Waals surface area contributed by atoms with Crippen LogP contribution in [0.25, 0.3) is 12.2 Å². The van der Waals surface area contributed by atoms with Crippen LogP contribution in [0.15, 0.2) is 150 Å². The number of azo groups is 2. The molecule has 2 aliphatic heterocycles. The molecule has 2 saturated heterocycles. The highest BCUT2D eigenvalue weighted by atomic mass is 32.2. The molecule has 546 valence electrons. The van der Waals surface area contributed by atoms with Crippen molar-refractivity contribution >= 4 is 169 Å². The molecule has 5 heterocycles. The number of piperidine rings is 2. The molecule has 3 aromatic heterocycles. The van der Waals surface area contributed by atoms with Gasteiger partial charge in [-0.25, -0.2) is 0 Å². The van der Waals surface area contributed by atoms with Gasteiger partial charge in [-0.15, -0.1) is 20.5 Å². The molecule has 0 atom stereocenters. The largest absolute Gasteiger partial charge is 0.494 e. The zero-order valence-electron chi connectivity index (χ0n) is 58.4. The molecule has 0 spiro atoms. The van der Waals surface area contributed by atoms with E-state index in [1.807, 2.05) is 70.2 Å². The predicted molar refractivity (Wildman–Crippen MR) is 407 cm³/mol. The number of ether oxygens (including phenoxy) is 2. The molecule has 8 aromatic rings. The molecule has 104 heavy (non-hydrogen) atoms. The summed E-state index contributed by atoms with van der Waals surface area (Å²) >= 11 is 3.61. The van der Waals surface area contributed by atoms with Crippen LogP contribution in [-0.2, 0) is 45.2 Å². The summed E-state index contributed by atoms with van der Waals surface area (Å²) in [5.74, 6) is 0.0659. The van der Waals surface area contributed by atoms with Crippen molar-refractivity contribution in [3.05, 3.63) is 130 Å². The van der Waals surface area contributed by atoms with Crippen molar-refractivity contribution in [2.24, 2.45) is 20.5 Å². The predicted octanol–water partition coefficient (Wildman–Crippen LogP) is 14.8. The fourth-order valence-corrected chi connectivity index (χ4v) is 14.9. The van der Waals surface area contributed by atoms with Crippen molar-refractivity contribution in [2.75, 3.05) is 107 Å². The molecular formula is C70H79N17O12S5. The molecule has 2 amide bonds. The number of benzene rings is 5. The quantitative estimate of drug-likeness (QED) is 0.00587. The number of carbonyl (C=O) groups is 4. The summed E-state index contributed by atoms with van der Waals surface area (Å²) in [6.07, 6.45) is 8.48. The number of rotatable bonds is 31. The highest BCUT2D eigenvalue weighted by molar-refractivity contribution is 7.98. The minimum Gasteiger partial charge on any atom is -0.494 e. The van der Waals surface area contributed by atoms with Gasteiger partial charge in [0.05, 0.1) is 67.7 Å². The van der Waals surface area contributed by atoms with Gasteiger partial charge in [0.1, 0.15) is 34.5 Å². The van der Waals surface area contributed by atoms with E-state index in [0.29, 0.717) is 119 Å². The molecule has 29 nitrogen and oxygen atoms in total. The number of thioether (sulfide) groups is 1. The maximum Gasteiger partial charge on any atom is 0.294 e. The molecule has 0 saturated carbocycles. The zero-order chi connectivity index (χ0) is 74.2. The van der Waals surface area contributed by atoms with Crippen molar-refractivity contribution in [2.45, 2.75) is 101 Å². The number of thiazole rings is 2. The molecule has 34 heteroatoms. The van der Waals surface area contributed by atoms with Crippen LogP contribution >= 0.6 is 34.4 Å². The molecule has 6 N–H and O–H groups in total. The average molecular weight is 1510 g/mol. The van der Waals surface area contributed by atoms with Gasteiger partial charge in [-0.1, -0.05) is 64.8 Å². The number of aromatic nitrogens is 5. The molecule has 5 aromatic carbocycles. The van der Waals surface area contributed by atoms with E-state index >= 15 is 0 Å². The number of nitrogens with one attached hydrogen (secondary N) is 4.